The predicted molar refractivity (Wildman–Crippen MR) is 88.3 cm³/mol. The van der Waals surface area contributed by atoms with Crippen molar-refractivity contribution in [3.63, 3.8) is 0 Å². The van der Waals surface area contributed by atoms with Gasteiger partial charge in [-0.1, -0.05) is 12.1 Å². The number of benzene rings is 2. The molecule has 2 N–H and O–H groups in total. The van der Waals surface area contributed by atoms with Crippen LogP contribution in [-0.2, 0) is 4.79 Å². The van der Waals surface area contributed by atoms with Crippen molar-refractivity contribution in [2.24, 2.45) is 0 Å². The van der Waals surface area contributed by atoms with E-state index in [1.54, 1.807) is 12.1 Å². The van der Waals surface area contributed by atoms with Crippen molar-refractivity contribution in [1.29, 1.82) is 0 Å². The van der Waals surface area contributed by atoms with Crippen LogP contribution in [-0.4, -0.2) is 23.8 Å². The fourth-order valence-electron chi connectivity index (χ4n) is 2.10. The van der Waals surface area contributed by atoms with Crippen molar-refractivity contribution in [1.82, 2.24) is 0 Å². The standard InChI is InChI=1S/C16H15N3O5/c1-10(20)17-11-7-8-15(24-2)13(9-11)18-16(21)12-5-3-4-6-14(12)19(22)23/h3-9H,1-2H3,(H,17,20)(H,18,21). The molecule has 0 aromatic heterocycles. The molecule has 0 bridgehead atoms. The highest BCUT2D eigenvalue weighted by Crippen LogP contribution is 2.29. The summed E-state index contributed by atoms with van der Waals surface area (Å²) in [6.07, 6.45) is 0. The highest BCUT2D eigenvalue weighted by Gasteiger charge is 2.20. The molecule has 0 saturated heterocycles. The zero-order valence-corrected chi connectivity index (χ0v) is 13.0. The Kier molecular flexibility index (Phi) is 5.10. The molecule has 2 aromatic rings. The number of nitro groups is 1. The first kappa shape index (κ1) is 16.9. The summed E-state index contributed by atoms with van der Waals surface area (Å²) in [5, 5.41) is 16.2. The summed E-state index contributed by atoms with van der Waals surface area (Å²) in [4.78, 5) is 33.9. The van der Waals surface area contributed by atoms with Gasteiger partial charge in [0.25, 0.3) is 11.6 Å². The number of nitrogens with zero attached hydrogens (tertiary/aromatic N) is 1. The maximum Gasteiger partial charge on any atom is 0.282 e. The Morgan fingerprint density at radius 3 is 2.46 bits per heavy atom. The molecule has 0 aliphatic carbocycles. The monoisotopic (exact) mass is 329 g/mol. The lowest BCUT2D eigenvalue weighted by Crippen LogP contribution is -2.15. The number of anilines is 2. The number of amides is 2. The summed E-state index contributed by atoms with van der Waals surface area (Å²) < 4.78 is 5.16. The van der Waals surface area contributed by atoms with Crippen molar-refractivity contribution in [2.45, 2.75) is 6.92 Å². The van der Waals surface area contributed by atoms with Crippen LogP contribution in [0.5, 0.6) is 5.75 Å². The predicted octanol–water partition coefficient (Wildman–Crippen LogP) is 2.81. The smallest absolute Gasteiger partial charge is 0.282 e. The van der Waals surface area contributed by atoms with Gasteiger partial charge in [-0.2, -0.15) is 0 Å². The second-order valence-corrected chi connectivity index (χ2v) is 4.82. The molecule has 24 heavy (non-hydrogen) atoms. The second-order valence-electron chi connectivity index (χ2n) is 4.82. The lowest BCUT2D eigenvalue weighted by atomic mass is 10.1. The average Bonchev–Trinajstić information content (AvgIpc) is 2.54. The number of ether oxygens (including phenoxy) is 1. The molecule has 8 nitrogen and oxygen atoms in total. The quantitative estimate of drug-likeness (QED) is 0.647. The van der Waals surface area contributed by atoms with Crippen LogP contribution in [0.3, 0.4) is 0 Å². The molecular weight excluding hydrogens is 314 g/mol. The Hall–Kier alpha value is -3.42. The first-order valence-electron chi connectivity index (χ1n) is 6.92. The topological polar surface area (TPSA) is 111 Å². The molecule has 0 aliphatic rings. The van der Waals surface area contributed by atoms with E-state index in [1.807, 2.05) is 0 Å². The van der Waals surface area contributed by atoms with E-state index < -0.39 is 10.8 Å². The van der Waals surface area contributed by atoms with E-state index in [1.165, 1.54) is 44.4 Å². The molecule has 124 valence electrons. The normalized spacial score (nSPS) is 9.92. The van der Waals surface area contributed by atoms with Gasteiger partial charge in [0.15, 0.2) is 0 Å². The molecule has 0 unspecified atom stereocenters. The average molecular weight is 329 g/mol. The van der Waals surface area contributed by atoms with Crippen LogP contribution in [0.25, 0.3) is 0 Å². The Morgan fingerprint density at radius 2 is 1.83 bits per heavy atom. The van der Waals surface area contributed by atoms with E-state index in [-0.39, 0.29) is 22.8 Å². The fraction of sp³-hybridized carbons (Fsp3) is 0.125. The fourth-order valence-corrected chi connectivity index (χ4v) is 2.10. The van der Waals surface area contributed by atoms with Gasteiger partial charge in [0.05, 0.1) is 17.7 Å². The van der Waals surface area contributed by atoms with Crippen molar-refractivity contribution in [3.05, 3.63) is 58.1 Å². The number of carbonyl (C=O) groups excluding carboxylic acids is 2. The van der Waals surface area contributed by atoms with Gasteiger partial charge in [-0.3, -0.25) is 19.7 Å². The number of nitrogens with one attached hydrogen (secondary N) is 2. The van der Waals surface area contributed by atoms with E-state index in [0.29, 0.717) is 11.4 Å². The number of hydrogen-bond acceptors (Lipinski definition) is 5. The second kappa shape index (κ2) is 7.23. The minimum atomic E-state index is -0.652. The highest BCUT2D eigenvalue weighted by atomic mass is 16.6. The zero-order chi connectivity index (χ0) is 17.7. The number of para-hydroxylation sites is 1. The van der Waals surface area contributed by atoms with E-state index in [2.05, 4.69) is 10.6 Å². The van der Waals surface area contributed by atoms with Crippen LogP contribution in [0.15, 0.2) is 42.5 Å². The van der Waals surface area contributed by atoms with Crippen molar-refractivity contribution in [3.8, 4) is 5.75 Å². The molecule has 2 amide bonds. The zero-order valence-electron chi connectivity index (χ0n) is 13.0. The summed E-state index contributed by atoms with van der Waals surface area (Å²) >= 11 is 0. The maximum atomic E-state index is 12.4. The molecule has 0 fully saturated rings. The van der Waals surface area contributed by atoms with E-state index in [9.17, 15) is 19.7 Å². The molecule has 0 aliphatic heterocycles. The van der Waals surface area contributed by atoms with Gasteiger partial charge >= 0.3 is 0 Å². The summed E-state index contributed by atoms with van der Waals surface area (Å²) in [7, 11) is 1.42. The van der Waals surface area contributed by atoms with Gasteiger partial charge in [-0.25, -0.2) is 0 Å². The third-order valence-electron chi connectivity index (χ3n) is 3.11. The molecule has 2 rings (SSSR count). The largest absolute Gasteiger partial charge is 0.495 e. The Labute approximate surface area is 137 Å². The lowest BCUT2D eigenvalue weighted by Gasteiger charge is -2.12. The Balaban J connectivity index is 2.34. The molecule has 0 radical (unpaired) electrons. The van der Waals surface area contributed by atoms with E-state index in [0.717, 1.165) is 0 Å². The van der Waals surface area contributed by atoms with Crippen LogP contribution >= 0.6 is 0 Å². The SMILES string of the molecule is COc1ccc(NC(C)=O)cc1NC(=O)c1ccccc1[N+](=O)[O-]. The molecule has 0 spiro atoms. The van der Waals surface area contributed by atoms with Gasteiger partial charge in [0, 0.05) is 18.7 Å². The molecule has 0 atom stereocenters. The van der Waals surface area contributed by atoms with Gasteiger partial charge < -0.3 is 15.4 Å². The Morgan fingerprint density at radius 1 is 1.12 bits per heavy atom. The number of hydrogen-bond donors (Lipinski definition) is 2. The third-order valence-corrected chi connectivity index (χ3v) is 3.11. The van der Waals surface area contributed by atoms with Crippen molar-refractivity contribution >= 4 is 28.9 Å². The summed E-state index contributed by atoms with van der Waals surface area (Å²) in [6.45, 7) is 1.36. The van der Waals surface area contributed by atoms with E-state index >= 15 is 0 Å². The summed E-state index contributed by atoms with van der Waals surface area (Å²) in [6, 6.07) is 10.3. The lowest BCUT2D eigenvalue weighted by molar-refractivity contribution is -0.385. The summed E-state index contributed by atoms with van der Waals surface area (Å²) in [5.74, 6) is -0.562. The number of nitro benzene ring substituents is 1. The minimum absolute atomic E-state index is 0.0746. The first-order chi connectivity index (χ1) is 11.4. The Bertz CT molecular complexity index is 804. The van der Waals surface area contributed by atoms with Crippen LogP contribution in [0.2, 0.25) is 0 Å². The van der Waals surface area contributed by atoms with Crippen molar-refractivity contribution in [2.75, 3.05) is 17.7 Å². The van der Waals surface area contributed by atoms with Gasteiger partial charge in [-0.15, -0.1) is 0 Å². The molecule has 0 heterocycles. The van der Waals surface area contributed by atoms with E-state index in [4.69, 9.17) is 4.74 Å². The molecular formula is C16H15N3O5. The molecule has 0 saturated carbocycles. The first-order valence-corrected chi connectivity index (χ1v) is 6.92. The minimum Gasteiger partial charge on any atom is -0.495 e. The van der Waals surface area contributed by atoms with Crippen LogP contribution in [0.4, 0.5) is 17.1 Å². The van der Waals surface area contributed by atoms with Crippen LogP contribution in [0, 0.1) is 10.1 Å². The van der Waals surface area contributed by atoms with Crippen LogP contribution in [0.1, 0.15) is 17.3 Å². The molecule has 8 heteroatoms. The van der Waals surface area contributed by atoms with Crippen molar-refractivity contribution < 1.29 is 19.2 Å². The number of methoxy groups -OCH3 is 1. The van der Waals surface area contributed by atoms with Gasteiger partial charge in [0.2, 0.25) is 5.91 Å². The number of rotatable bonds is 5. The third kappa shape index (κ3) is 3.86. The van der Waals surface area contributed by atoms with Crippen LogP contribution < -0.4 is 15.4 Å². The molecule has 2 aromatic carbocycles. The number of carbonyl (C=O) groups is 2. The summed E-state index contributed by atoms with van der Waals surface area (Å²) in [5.41, 5.74) is 0.370. The van der Waals surface area contributed by atoms with Gasteiger partial charge in [0.1, 0.15) is 11.3 Å². The maximum absolute atomic E-state index is 12.4. The van der Waals surface area contributed by atoms with Gasteiger partial charge in [-0.05, 0) is 24.3 Å². The highest BCUT2D eigenvalue weighted by molar-refractivity contribution is 6.08.